The van der Waals surface area contributed by atoms with Crippen molar-refractivity contribution in [3.63, 3.8) is 0 Å². The van der Waals surface area contributed by atoms with Crippen molar-refractivity contribution in [2.24, 2.45) is 0 Å². The number of benzene rings is 1. The van der Waals surface area contributed by atoms with E-state index >= 15 is 0 Å². The Morgan fingerprint density at radius 3 is 2.14 bits per heavy atom. The van der Waals surface area contributed by atoms with Gasteiger partial charge in [0.15, 0.2) is 11.5 Å². The third kappa shape index (κ3) is 2.45. The summed E-state index contributed by atoms with van der Waals surface area (Å²) >= 11 is 5.86. The van der Waals surface area contributed by atoms with Gasteiger partial charge in [-0.25, -0.2) is 0 Å². The van der Waals surface area contributed by atoms with Crippen LogP contribution in [0.3, 0.4) is 0 Å². The second-order valence-electron chi connectivity index (χ2n) is 2.69. The zero-order valence-electron chi connectivity index (χ0n) is 8.34. The predicted octanol–water partition coefficient (Wildman–Crippen LogP) is 2.72. The molecule has 78 valence electrons. The third-order valence-corrected chi connectivity index (χ3v) is 1.99. The number of nitrogens with two attached hydrogens (primary N) is 1. The van der Waals surface area contributed by atoms with Gasteiger partial charge in [-0.3, -0.25) is 0 Å². The van der Waals surface area contributed by atoms with Gasteiger partial charge in [-0.15, -0.1) is 0 Å². The van der Waals surface area contributed by atoms with Crippen LogP contribution >= 0.6 is 11.6 Å². The quantitative estimate of drug-likeness (QED) is 0.786. The van der Waals surface area contributed by atoms with Crippen molar-refractivity contribution < 1.29 is 9.47 Å². The lowest BCUT2D eigenvalue weighted by Crippen LogP contribution is -1.99. The Hall–Kier alpha value is -1.09. The molecule has 0 radical (unpaired) electrons. The van der Waals surface area contributed by atoms with E-state index in [1.54, 1.807) is 12.1 Å². The molecule has 0 bridgehead atoms. The van der Waals surface area contributed by atoms with Gasteiger partial charge in [-0.1, -0.05) is 11.6 Å². The Labute approximate surface area is 88.8 Å². The van der Waals surface area contributed by atoms with Crippen LogP contribution in [0.25, 0.3) is 0 Å². The molecule has 0 aliphatic heterocycles. The second kappa shape index (κ2) is 4.96. The fraction of sp³-hybridized carbons (Fsp3) is 0.400. The molecule has 14 heavy (non-hydrogen) atoms. The minimum Gasteiger partial charge on any atom is -0.490 e. The fourth-order valence-corrected chi connectivity index (χ4v) is 1.24. The molecular weight excluding hydrogens is 202 g/mol. The lowest BCUT2D eigenvalue weighted by atomic mass is 10.3. The summed E-state index contributed by atoms with van der Waals surface area (Å²) in [4.78, 5) is 0. The van der Waals surface area contributed by atoms with Crippen LogP contribution < -0.4 is 15.2 Å². The minimum atomic E-state index is 0.483. The molecule has 0 amide bonds. The maximum atomic E-state index is 5.86. The molecule has 1 aromatic carbocycles. The van der Waals surface area contributed by atoms with Gasteiger partial charge in [0, 0.05) is 12.1 Å². The van der Waals surface area contributed by atoms with E-state index in [9.17, 15) is 0 Å². The first kappa shape index (κ1) is 11.0. The highest BCUT2D eigenvalue weighted by Gasteiger charge is 2.08. The number of hydrogen-bond acceptors (Lipinski definition) is 3. The Bertz CT molecular complexity index is 284. The van der Waals surface area contributed by atoms with Gasteiger partial charge in [-0.05, 0) is 13.8 Å². The highest BCUT2D eigenvalue weighted by molar-refractivity contribution is 6.33. The van der Waals surface area contributed by atoms with Crippen molar-refractivity contribution >= 4 is 17.3 Å². The van der Waals surface area contributed by atoms with Gasteiger partial charge < -0.3 is 15.2 Å². The molecule has 0 aromatic heterocycles. The largest absolute Gasteiger partial charge is 0.490 e. The van der Waals surface area contributed by atoms with Crippen molar-refractivity contribution in [1.29, 1.82) is 0 Å². The smallest absolute Gasteiger partial charge is 0.163 e. The molecule has 0 saturated heterocycles. The summed E-state index contributed by atoms with van der Waals surface area (Å²) in [6, 6.07) is 3.35. The molecule has 3 nitrogen and oxygen atoms in total. The minimum absolute atomic E-state index is 0.483. The van der Waals surface area contributed by atoms with E-state index < -0.39 is 0 Å². The number of rotatable bonds is 4. The van der Waals surface area contributed by atoms with Gasteiger partial charge in [0.2, 0.25) is 0 Å². The maximum absolute atomic E-state index is 5.86. The number of anilines is 1. The van der Waals surface area contributed by atoms with Gasteiger partial charge >= 0.3 is 0 Å². The Morgan fingerprint density at radius 2 is 1.64 bits per heavy atom. The monoisotopic (exact) mass is 215 g/mol. The van der Waals surface area contributed by atoms with E-state index in [0.29, 0.717) is 35.4 Å². The Balaban J connectivity index is 3.03. The van der Waals surface area contributed by atoms with Crippen LogP contribution in [-0.2, 0) is 0 Å². The molecule has 0 saturated carbocycles. The van der Waals surface area contributed by atoms with Gasteiger partial charge in [0.25, 0.3) is 0 Å². The standard InChI is InChI=1S/C10H14ClNO2/c1-3-13-9-5-7(11)8(12)6-10(9)14-4-2/h5-6H,3-4,12H2,1-2H3. The number of halogens is 1. The summed E-state index contributed by atoms with van der Waals surface area (Å²) in [6.45, 7) is 4.95. The highest BCUT2D eigenvalue weighted by Crippen LogP contribution is 2.34. The first-order valence-corrected chi connectivity index (χ1v) is 4.91. The van der Waals surface area contributed by atoms with Crippen molar-refractivity contribution in [1.82, 2.24) is 0 Å². The van der Waals surface area contributed by atoms with Gasteiger partial charge in [0.05, 0.1) is 23.9 Å². The molecular formula is C10H14ClNO2. The first-order chi connectivity index (χ1) is 6.69. The first-order valence-electron chi connectivity index (χ1n) is 4.53. The SMILES string of the molecule is CCOc1cc(N)c(Cl)cc1OCC. The molecule has 1 rings (SSSR count). The molecule has 4 heteroatoms. The van der Waals surface area contributed by atoms with Crippen molar-refractivity contribution in [3.05, 3.63) is 17.2 Å². The van der Waals surface area contributed by atoms with E-state index in [0.717, 1.165) is 0 Å². The summed E-state index contributed by atoms with van der Waals surface area (Å²) in [5.74, 6) is 1.27. The van der Waals surface area contributed by atoms with E-state index in [-0.39, 0.29) is 0 Å². The van der Waals surface area contributed by atoms with Crippen LogP contribution in [0.1, 0.15) is 13.8 Å². The fourth-order valence-electron chi connectivity index (χ4n) is 1.09. The molecule has 0 aliphatic rings. The van der Waals surface area contributed by atoms with E-state index in [4.69, 9.17) is 26.8 Å². The zero-order valence-corrected chi connectivity index (χ0v) is 9.10. The third-order valence-electron chi connectivity index (χ3n) is 1.66. The van der Waals surface area contributed by atoms with Crippen LogP contribution in [0.4, 0.5) is 5.69 Å². The molecule has 1 aromatic rings. The van der Waals surface area contributed by atoms with Crippen LogP contribution in [0.5, 0.6) is 11.5 Å². The van der Waals surface area contributed by atoms with Crippen LogP contribution in [0.2, 0.25) is 5.02 Å². The zero-order chi connectivity index (χ0) is 10.6. The summed E-state index contributed by atoms with van der Waals surface area (Å²) in [5, 5.41) is 0.483. The van der Waals surface area contributed by atoms with Crippen LogP contribution in [0.15, 0.2) is 12.1 Å². The maximum Gasteiger partial charge on any atom is 0.163 e. The van der Waals surface area contributed by atoms with E-state index in [2.05, 4.69) is 0 Å². The van der Waals surface area contributed by atoms with Crippen molar-refractivity contribution in [2.45, 2.75) is 13.8 Å². The molecule has 0 unspecified atom stereocenters. The number of ether oxygens (including phenoxy) is 2. The Morgan fingerprint density at radius 1 is 1.14 bits per heavy atom. The van der Waals surface area contributed by atoms with Crippen molar-refractivity contribution in [3.8, 4) is 11.5 Å². The summed E-state index contributed by atoms with van der Waals surface area (Å²) in [7, 11) is 0. The normalized spacial score (nSPS) is 9.93. The average molecular weight is 216 g/mol. The second-order valence-corrected chi connectivity index (χ2v) is 3.09. The molecule has 0 heterocycles. The lowest BCUT2D eigenvalue weighted by Gasteiger charge is -2.12. The molecule has 0 fully saturated rings. The van der Waals surface area contributed by atoms with Gasteiger partial charge in [-0.2, -0.15) is 0 Å². The van der Waals surface area contributed by atoms with Crippen molar-refractivity contribution in [2.75, 3.05) is 18.9 Å². The highest BCUT2D eigenvalue weighted by atomic mass is 35.5. The average Bonchev–Trinajstić information content (AvgIpc) is 2.14. The number of nitrogen functional groups attached to an aromatic ring is 1. The molecule has 0 spiro atoms. The molecule has 0 atom stereocenters. The summed E-state index contributed by atoms with van der Waals surface area (Å²) < 4.78 is 10.7. The molecule has 0 aliphatic carbocycles. The topological polar surface area (TPSA) is 44.5 Å². The Kier molecular flexibility index (Phi) is 3.89. The van der Waals surface area contributed by atoms with E-state index in [1.807, 2.05) is 13.8 Å². The van der Waals surface area contributed by atoms with Gasteiger partial charge in [0.1, 0.15) is 0 Å². The summed E-state index contributed by atoms with van der Waals surface area (Å²) in [6.07, 6.45) is 0. The number of hydrogen-bond donors (Lipinski definition) is 1. The molecule has 2 N–H and O–H groups in total. The lowest BCUT2D eigenvalue weighted by molar-refractivity contribution is 0.288. The van der Waals surface area contributed by atoms with E-state index in [1.165, 1.54) is 0 Å². The predicted molar refractivity (Wildman–Crippen MR) is 58.2 cm³/mol. The van der Waals surface area contributed by atoms with Crippen LogP contribution in [-0.4, -0.2) is 13.2 Å². The summed E-state index contributed by atoms with van der Waals surface area (Å²) in [5.41, 5.74) is 6.15. The van der Waals surface area contributed by atoms with Crippen LogP contribution in [0, 0.1) is 0 Å².